The van der Waals surface area contributed by atoms with Crippen molar-refractivity contribution < 1.29 is 22.4 Å². The van der Waals surface area contributed by atoms with E-state index >= 15 is 0 Å². The van der Waals surface area contributed by atoms with Gasteiger partial charge in [-0.1, -0.05) is 12.1 Å². The lowest BCUT2D eigenvalue weighted by Crippen LogP contribution is -2.46. The highest BCUT2D eigenvalue weighted by Crippen LogP contribution is 2.16. The number of carbonyl (C=O) groups excluding carboxylic acids is 2. The van der Waals surface area contributed by atoms with Crippen LogP contribution in [0.3, 0.4) is 0 Å². The molecule has 1 saturated heterocycles. The van der Waals surface area contributed by atoms with E-state index in [0.717, 1.165) is 0 Å². The van der Waals surface area contributed by atoms with Gasteiger partial charge in [0.05, 0.1) is 11.5 Å². The third-order valence-corrected chi connectivity index (χ3v) is 5.39. The van der Waals surface area contributed by atoms with Gasteiger partial charge in [0.15, 0.2) is 9.84 Å². The van der Waals surface area contributed by atoms with E-state index in [1.807, 2.05) is 0 Å². The van der Waals surface area contributed by atoms with Crippen molar-refractivity contribution in [3.05, 3.63) is 35.6 Å². The Hall–Kier alpha value is -1.96. The molecule has 8 heteroatoms. The Labute approximate surface area is 128 Å². The summed E-state index contributed by atoms with van der Waals surface area (Å²) >= 11 is 0. The highest BCUT2D eigenvalue weighted by atomic mass is 32.2. The van der Waals surface area contributed by atoms with Gasteiger partial charge in [-0.3, -0.25) is 9.59 Å². The van der Waals surface area contributed by atoms with Crippen LogP contribution in [-0.4, -0.2) is 49.7 Å². The van der Waals surface area contributed by atoms with Gasteiger partial charge >= 0.3 is 11.8 Å². The van der Waals surface area contributed by atoms with E-state index < -0.39 is 27.7 Å². The minimum atomic E-state index is -3.12. The summed E-state index contributed by atoms with van der Waals surface area (Å²) in [6.07, 6.45) is 0.343. The Kier molecular flexibility index (Phi) is 4.80. The van der Waals surface area contributed by atoms with Gasteiger partial charge in [-0.05, 0) is 24.1 Å². The van der Waals surface area contributed by atoms with Crippen LogP contribution < -0.4 is 5.32 Å². The average molecular weight is 328 g/mol. The zero-order valence-corrected chi connectivity index (χ0v) is 12.9. The van der Waals surface area contributed by atoms with E-state index in [1.54, 1.807) is 0 Å². The Balaban J connectivity index is 1.89. The molecule has 1 aromatic carbocycles. The van der Waals surface area contributed by atoms with Crippen LogP contribution in [0.4, 0.5) is 4.39 Å². The summed E-state index contributed by atoms with van der Waals surface area (Å²) in [5, 5.41) is 2.44. The third-order valence-electron chi connectivity index (χ3n) is 3.64. The highest BCUT2D eigenvalue weighted by Gasteiger charge is 2.34. The molecular weight excluding hydrogens is 311 g/mol. The normalized spacial score (nSPS) is 19.6. The molecule has 1 aromatic rings. The molecule has 2 rings (SSSR count). The molecule has 1 heterocycles. The number of hydrogen-bond acceptors (Lipinski definition) is 4. The van der Waals surface area contributed by atoms with E-state index in [-0.39, 0.29) is 23.9 Å². The molecule has 2 amide bonds. The van der Waals surface area contributed by atoms with Crippen molar-refractivity contribution in [2.45, 2.75) is 19.0 Å². The zero-order chi connectivity index (χ0) is 16.3. The van der Waals surface area contributed by atoms with Crippen LogP contribution in [0.25, 0.3) is 0 Å². The lowest BCUT2D eigenvalue weighted by Gasteiger charge is -2.22. The maximum Gasteiger partial charge on any atom is 0.311 e. The second kappa shape index (κ2) is 6.43. The number of amides is 2. The van der Waals surface area contributed by atoms with E-state index in [4.69, 9.17) is 0 Å². The molecule has 0 spiro atoms. The molecule has 1 aliphatic rings. The molecule has 0 aromatic heterocycles. The monoisotopic (exact) mass is 328 g/mol. The van der Waals surface area contributed by atoms with Crippen LogP contribution in [0.1, 0.15) is 12.0 Å². The second-order valence-electron chi connectivity index (χ2n) is 5.28. The maximum atomic E-state index is 12.8. The Bertz CT molecular complexity index is 673. The van der Waals surface area contributed by atoms with E-state index in [0.29, 0.717) is 12.0 Å². The molecule has 1 fully saturated rings. The Morgan fingerprint density at radius 3 is 2.50 bits per heavy atom. The largest absolute Gasteiger partial charge is 0.344 e. The van der Waals surface area contributed by atoms with Crippen LogP contribution in [-0.2, 0) is 26.0 Å². The number of nitrogens with zero attached hydrogens (tertiary/aromatic N) is 1. The van der Waals surface area contributed by atoms with E-state index in [9.17, 15) is 22.4 Å². The predicted octanol–water partition coefficient (Wildman–Crippen LogP) is 0.0874. The summed E-state index contributed by atoms with van der Waals surface area (Å²) in [5.41, 5.74) is 0.661. The molecule has 0 bridgehead atoms. The van der Waals surface area contributed by atoms with Gasteiger partial charge in [0.2, 0.25) is 0 Å². The molecule has 0 aliphatic carbocycles. The lowest BCUT2D eigenvalue weighted by atomic mass is 10.2. The lowest BCUT2D eigenvalue weighted by molar-refractivity contribution is -0.146. The third kappa shape index (κ3) is 4.03. The van der Waals surface area contributed by atoms with Gasteiger partial charge in [-0.2, -0.15) is 0 Å². The fourth-order valence-corrected chi connectivity index (χ4v) is 4.04. The smallest absolute Gasteiger partial charge is 0.311 e. The number of benzene rings is 1. The number of sulfone groups is 1. The fraction of sp³-hybridized carbons (Fsp3) is 0.429. The van der Waals surface area contributed by atoms with Crippen LogP contribution in [0.5, 0.6) is 0 Å². The topological polar surface area (TPSA) is 83.6 Å². The molecule has 1 unspecified atom stereocenters. The van der Waals surface area contributed by atoms with Gasteiger partial charge in [0.1, 0.15) is 5.82 Å². The first kappa shape index (κ1) is 16.4. The van der Waals surface area contributed by atoms with Gasteiger partial charge in [-0.25, -0.2) is 12.8 Å². The first-order valence-corrected chi connectivity index (χ1v) is 8.60. The number of hydrogen-bond donors (Lipinski definition) is 1. The number of carbonyl (C=O) groups is 2. The Morgan fingerprint density at radius 2 is 1.95 bits per heavy atom. The van der Waals surface area contributed by atoms with Crippen molar-refractivity contribution in [3.63, 3.8) is 0 Å². The highest BCUT2D eigenvalue weighted by molar-refractivity contribution is 7.91. The van der Waals surface area contributed by atoms with Gasteiger partial charge in [0, 0.05) is 19.6 Å². The molecular formula is C14H17FN2O4S. The molecule has 0 radical (unpaired) electrons. The number of nitrogens with one attached hydrogen (secondary N) is 1. The summed E-state index contributed by atoms with van der Waals surface area (Å²) in [6.45, 7) is 0.0989. The molecule has 1 N–H and O–H groups in total. The van der Waals surface area contributed by atoms with Crippen molar-refractivity contribution in [2.75, 3.05) is 18.6 Å². The maximum absolute atomic E-state index is 12.8. The Morgan fingerprint density at radius 1 is 1.32 bits per heavy atom. The minimum absolute atomic E-state index is 0.0342. The van der Waals surface area contributed by atoms with Gasteiger partial charge in [0.25, 0.3) is 0 Å². The molecule has 120 valence electrons. The van der Waals surface area contributed by atoms with Crippen LogP contribution in [0, 0.1) is 5.82 Å². The van der Waals surface area contributed by atoms with Crippen molar-refractivity contribution in [2.24, 2.45) is 0 Å². The molecule has 1 aliphatic heterocycles. The van der Waals surface area contributed by atoms with Crippen molar-refractivity contribution in [1.29, 1.82) is 0 Å². The minimum Gasteiger partial charge on any atom is -0.344 e. The SMILES string of the molecule is CN(C(=O)C(=O)NCc1ccc(F)cc1)C1CCS(=O)(=O)C1. The predicted molar refractivity (Wildman–Crippen MR) is 78.1 cm³/mol. The van der Waals surface area contributed by atoms with Crippen LogP contribution in [0.15, 0.2) is 24.3 Å². The van der Waals surface area contributed by atoms with E-state index in [2.05, 4.69) is 5.32 Å². The number of rotatable bonds is 3. The van der Waals surface area contributed by atoms with Crippen molar-refractivity contribution >= 4 is 21.7 Å². The van der Waals surface area contributed by atoms with Crippen LogP contribution in [0.2, 0.25) is 0 Å². The molecule has 0 saturated carbocycles. The summed E-state index contributed by atoms with van der Waals surface area (Å²) in [7, 11) is -1.70. The second-order valence-corrected chi connectivity index (χ2v) is 7.51. The van der Waals surface area contributed by atoms with Gasteiger partial charge < -0.3 is 10.2 Å². The summed E-state index contributed by atoms with van der Waals surface area (Å²) in [4.78, 5) is 25.0. The molecule has 1 atom stereocenters. The summed E-state index contributed by atoms with van der Waals surface area (Å²) in [5.74, 6) is -2.04. The molecule has 6 nitrogen and oxygen atoms in total. The zero-order valence-electron chi connectivity index (χ0n) is 12.1. The molecule has 22 heavy (non-hydrogen) atoms. The number of halogens is 1. The first-order chi connectivity index (χ1) is 10.3. The van der Waals surface area contributed by atoms with Gasteiger partial charge in [-0.15, -0.1) is 0 Å². The standard InChI is InChI=1S/C14H17FN2O4S/c1-17(12-6-7-22(20,21)9-12)14(19)13(18)16-8-10-2-4-11(15)5-3-10/h2-5,12H,6-9H2,1H3,(H,16,18). The first-order valence-electron chi connectivity index (χ1n) is 6.78. The van der Waals surface area contributed by atoms with Crippen molar-refractivity contribution in [3.8, 4) is 0 Å². The van der Waals surface area contributed by atoms with E-state index in [1.165, 1.54) is 36.2 Å². The number of likely N-dealkylation sites (N-methyl/N-ethyl adjacent to an activating group) is 1. The average Bonchev–Trinajstić information content (AvgIpc) is 2.85. The summed E-state index contributed by atoms with van der Waals surface area (Å²) in [6, 6.07) is 5.08. The summed E-state index contributed by atoms with van der Waals surface area (Å²) < 4.78 is 35.6. The fourth-order valence-electron chi connectivity index (χ4n) is 2.27. The van der Waals surface area contributed by atoms with Crippen LogP contribution >= 0.6 is 0 Å². The van der Waals surface area contributed by atoms with Crippen molar-refractivity contribution in [1.82, 2.24) is 10.2 Å². The quantitative estimate of drug-likeness (QED) is 0.797.